The Morgan fingerprint density at radius 3 is 2.26 bits per heavy atom. The van der Waals surface area contributed by atoms with Crippen LogP contribution >= 0.6 is 0 Å². The molecule has 0 spiro atoms. The Labute approximate surface area is 160 Å². The minimum atomic E-state index is -3.45. The predicted octanol–water partition coefficient (Wildman–Crippen LogP) is 2.45. The number of nitrogens with zero attached hydrogens (tertiary/aromatic N) is 1. The van der Waals surface area contributed by atoms with E-state index in [9.17, 15) is 13.2 Å². The Bertz CT molecular complexity index is 871. The van der Waals surface area contributed by atoms with Crippen LogP contribution in [0.2, 0.25) is 0 Å². The zero-order valence-electron chi connectivity index (χ0n) is 15.3. The van der Waals surface area contributed by atoms with E-state index >= 15 is 0 Å². The Morgan fingerprint density at radius 2 is 1.67 bits per heavy atom. The summed E-state index contributed by atoms with van der Waals surface area (Å²) in [5.41, 5.74) is 1.55. The van der Waals surface area contributed by atoms with Crippen molar-refractivity contribution in [3.05, 3.63) is 59.7 Å². The first-order valence-electron chi connectivity index (χ1n) is 9.02. The molecule has 1 saturated heterocycles. The van der Waals surface area contributed by atoms with E-state index in [1.54, 1.807) is 19.2 Å². The van der Waals surface area contributed by atoms with Gasteiger partial charge in [0.05, 0.1) is 12.0 Å². The van der Waals surface area contributed by atoms with Crippen molar-refractivity contribution in [3.63, 3.8) is 0 Å². The van der Waals surface area contributed by atoms with Gasteiger partial charge in [-0.15, -0.1) is 0 Å². The lowest BCUT2D eigenvalue weighted by atomic mass is 10.1. The summed E-state index contributed by atoms with van der Waals surface area (Å²) in [7, 11) is -1.83. The highest BCUT2D eigenvalue weighted by Gasteiger charge is 2.27. The number of carbonyl (C=O) groups excluding carboxylic acids is 1. The van der Waals surface area contributed by atoms with Crippen molar-refractivity contribution in [1.29, 1.82) is 0 Å². The van der Waals surface area contributed by atoms with Gasteiger partial charge < -0.3 is 10.1 Å². The molecule has 27 heavy (non-hydrogen) atoms. The Kier molecular flexibility index (Phi) is 6.13. The summed E-state index contributed by atoms with van der Waals surface area (Å²) < 4.78 is 31.6. The van der Waals surface area contributed by atoms with E-state index in [1.165, 1.54) is 16.4 Å². The molecule has 144 valence electrons. The van der Waals surface area contributed by atoms with E-state index in [4.69, 9.17) is 4.74 Å². The number of hydrogen-bond donors (Lipinski definition) is 1. The molecule has 0 saturated carbocycles. The van der Waals surface area contributed by atoms with Gasteiger partial charge in [-0.25, -0.2) is 8.42 Å². The zero-order valence-corrected chi connectivity index (χ0v) is 16.2. The third-order valence-corrected chi connectivity index (χ3v) is 6.59. The number of methoxy groups -OCH3 is 1. The molecular weight excluding hydrogens is 364 g/mol. The molecule has 1 aliphatic heterocycles. The monoisotopic (exact) mass is 388 g/mol. The van der Waals surface area contributed by atoms with Crippen molar-refractivity contribution < 1.29 is 17.9 Å². The van der Waals surface area contributed by atoms with Gasteiger partial charge in [0.15, 0.2) is 0 Å². The van der Waals surface area contributed by atoms with Crippen LogP contribution in [0, 0.1) is 0 Å². The summed E-state index contributed by atoms with van der Waals surface area (Å²) in [4.78, 5) is 12.5. The van der Waals surface area contributed by atoms with E-state index in [0.29, 0.717) is 31.6 Å². The summed E-state index contributed by atoms with van der Waals surface area (Å²) in [6.45, 7) is 1.63. The fourth-order valence-electron chi connectivity index (χ4n) is 3.07. The molecule has 0 aromatic heterocycles. The van der Waals surface area contributed by atoms with Crippen LogP contribution in [0.5, 0.6) is 5.75 Å². The van der Waals surface area contributed by atoms with E-state index in [2.05, 4.69) is 5.32 Å². The quantitative estimate of drug-likeness (QED) is 0.791. The number of amides is 1. The molecule has 1 amide bonds. The Hall–Kier alpha value is -2.38. The highest BCUT2D eigenvalue weighted by atomic mass is 32.2. The van der Waals surface area contributed by atoms with Gasteiger partial charge in [0.25, 0.3) is 5.91 Å². The first-order chi connectivity index (χ1) is 13.0. The average Bonchev–Trinajstić information content (AvgIpc) is 3.24. The van der Waals surface area contributed by atoms with Crippen molar-refractivity contribution in [1.82, 2.24) is 9.62 Å². The van der Waals surface area contributed by atoms with Crippen molar-refractivity contribution in [2.24, 2.45) is 0 Å². The van der Waals surface area contributed by atoms with Crippen LogP contribution in [-0.2, 0) is 16.4 Å². The van der Waals surface area contributed by atoms with Crippen molar-refractivity contribution in [2.75, 3.05) is 26.7 Å². The Balaban J connectivity index is 1.55. The van der Waals surface area contributed by atoms with Crippen LogP contribution in [0.4, 0.5) is 0 Å². The number of hydrogen-bond acceptors (Lipinski definition) is 4. The number of rotatable bonds is 7. The molecule has 1 aliphatic rings. The second kappa shape index (κ2) is 8.54. The lowest BCUT2D eigenvalue weighted by molar-refractivity contribution is 0.0954. The Morgan fingerprint density at radius 1 is 1.04 bits per heavy atom. The fourth-order valence-corrected chi connectivity index (χ4v) is 4.59. The third-order valence-electron chi connectivity index (χ3n) is 4.68. The molecule has 6 nitrogen and oxygen atoms in total. The normalized spacial score (nSPS) is 14.9. The molecule has 0 bridgehead atoms. The minimum absolute atomic E-state index is 0.214. The smallest absolute Gasteiger partial charge is 0.251 e. The second-order valence-electron chi connectivity index (χ2n) is 6.49. The van der Waals surface area contributed by atoms with Gasteiger partial charge >= 0.3 is 0 Å². The van der Waals surface area contributed by atoms with Gasteiger partial charge in [0, 0.05) is 25.2 Å². The molecule has 1 heterocycles. The van der Waals surface area contributed by atoms with Crippen LogP contribution in [0.3, 0.4) is 0 Å². The molecular formula is C20H24N2O4S. The largest absolute Gasteiger partial charge is 0.497 e. The summed E-state index contributed by atoms with van der Waals surface area (Å²) in [5, 5.41) is 2.86. The molecule has 0 radical (unpaired) electrons. The maximum Gasteiger partial charge on any atom is 0.251 e. The standard InChI is InChI=1S/C20H24N2O4S/c1-26-18-8-4-16(5-9-18)12-13-21-20(23)17-6-10-19(11-7-17)27(24,25)22-14-2-3-15-22/h4-11H,2-3,12-15H2,1H3,(H,21,23). The van der Waals surface area contributed by atoms with E-state index in [0.717, 1.165) is 24.2 Å². The van der Waals surface area contributed by atoms with E-state index in [1.807, 2.05) is 24.3 Å². The average molecular weight is 388 g/mol. The molecule has 7 heteroatoms. The topological polar surface area (TPSA) is 75.7 Å². The molecule has 0 aliphatic carbocycles. The SMILES string of the molecule is COc1ccc(CCNC(=O)c2ccc(S(=O)(=O)N3CCCC3)cc2)cc1. The third kappa shape index (κ3) is 4.67. The summed E-state index contributed by atoms with van der Waals surface area (Å²) >= 11 is 0. The highest BCUT2D eigenvalue weighted by molar-refractivity contribution is 7.89. The molecule has 0 atom stereocenters. The highest BCUT2D eigenvalue weighted by Crippen LogP contribution is 2.21. The van der Waals surface area contributed by atoms with Crippen molar-refractivity contribution in [2.45, 2.75) is 24.2 Å². The van der Waals surface area contributed by atoms with Crippen molar-refractivity contribution >= 4 is 15.9 Å². The molecule has 2 aromatic carbocycles. The number of sulfonamides is 1. The van der Waals surface area contributed by atoms with Crippen LogP contribution < -0.4 is 10.1 Å². The fraction of sp³-hybridized carbons (Fsp3) is 0.350. The number of ether oxygens (including phenoxy) is 1. The zero-order chi connectivity index (χ0) is 19.3. The number of carbonyl (C=O) groups is 1. The van der Waals surface area contributed by atoms with Gasteiger partial charge in [-0.1, -0.05) is 12.1 Å². The second-order valence-corrected chi connectivity index (χ2v) is 8.43. The first-order valence-corrected chi connectivity index (χ1v) is 10.5. The van der Waals surface area contributed by atoms with Crippen LogP contribution in [0.25, 0.3) is 0 Å². The maximum atomic E-state index is 12.5. The van der Waals surface area contributed by atoms with Crippen LogP contribution in [0.15, 0.2) is 53.4 Å². The summed E-state index contributed by atoms with van der Waals surface area (Å²) in [6, 6.07) is 13.8. The molecule has 0 unspecified atom stereocenters. The lowest BCUT2D eigenvalue weighted by Gasteiger charge is -2.15. The molecule has 3 rings (SSSR count). The minimum Gasteiger partial charge on any atom is -0.497 e. The van der Waals surface area contributed by atoms with E-state index < -0.39 is 10.0 Å². The summed E-state index contributed by atoms with van der Waals surface area (Å²) in [6.07, 6.45) is 2.50. The van der Waals surface area contributed by atoms with Gasteiger partial charge in [0.2, 0.25) is 10.0 Å². The van der Waals surface area contributed by atoms with Gasteiger partial charge in [-0.2, -0.15) is 4.31 Å². The van der Waals surface area contributed by atoms with Crippen molar-refractivity contribution in [3.8, 4) is 5.75 Å². The molecule has 1 N–H and O–H groups in total. The molecule has 1 fully saturated rings. The van der Waals surface area contributed by atoms with E-state index in [-0.39, 0.29) is 10.8 Å². The van der Waals surface area contributed by atoms with Gasteiger partial charge in [0.1, 0.15) is 5.75 Å². The summed E-state index contributed by atoms with van der Waals surface area (Å²) in [5.74, 6) is 0.584. The van der Waals surface area contributed by atoms with Crippen LogP contribution in [0.1, 0.15) is 28.8 Å². The van der Waals surface area contributed by atoms with Crippen LogP contribution in [-0.4, -0.2) is 45.4 Å². The number of nitrogens with one attached hydrogen (secondary N) is 1. The van der Waals surface area contributed by atoms with Gasteiger partial charge in [-0.3, -0.25) is 4.79 Å². The molecule has 2 aromatic rings. The van der Waals surface area contributed by atoms with Gasteiger partial charge in [-0.05, 0) is 61.2 Å². The lowest BCUT2D eigenvalue weighted by Crippen LogP contribution is -2.28. The number of benzene rings is 2. The first kappa shape index (κ1) is 19.4. The predicted molar refractivity (Wildman–Crippen MR) is 103 cm³/mol. The maximum absolute atomic E-state index is 12.5.